The van der Waals surface area contributed by atoms with Crippen LogP contribution in [0.25, 0.3) is 0 Å². The Morgan fingerprint density at radius 1 is 1.15 bits per heavy atom. The van der Waals surface area contributed by atoms with Crippen LogP contribution in [-0.4, -0.2) is 33.5 Å². The zero-order valence-corrected chi connectivity index (χ0v) is 22.2. The van der Waals surface area contributed by atoms with Crippen molar-refractivity contribution in [1.29, 1.82) is 0 Å². The van der Waals surface area contributed by atoms with Gasteiger partial charge in [0, 0.05) is 6.42 Å². The Hall–Kier alpha value is -1.13. The number of allylic oxidation sites excluding steroid dienone is 1. The lowest BCUT2D eigenvalue weighted by Gasteiger charge is -2.61. The molecule has 4 saturated carbocycles. The molecule has 4 rings (SSSR count). The van der Waals surface area contributed by atoms with Crippen LogP contribution in [-0.2, 0) is 4.79 Å². The molecule has 0 aromatic carbocycles. The van der Waals surface area contributed by atoms with Crippen molar-refractivity contribution in [3.63, 3.8) is 0 Å². The van der Waals surface area contributed by atoms with Crippen molar-refractivity contribution in [2.75, 3.05) is 6.61 Å². The zero-order valence-electron chi connectivity index (χ0n) is 22.2. The van der Waals surface area contributed by atoms with E-state index < -0.39 is 11.6 Å². The van der Waals surface area contributed by atoms with Crippen LogP contribution in [0.3, 0.4) is 0 Å². The molecule has 8 unspecified atom stereocenters. The number of carboxylic acids is 1. The van der Waals surface area contributed by atoms with Crippen LogP contribution in [0, 0.1) is 45.3 Å². The number of carbonyl (C=O) groups is 1. The molecule has 3 N–H and O–H groups in total. The van der Waals surface area contributed by atoms with E-state index in [4.69, 9.17) is 0 Å². The fraction of sp³-hybridized carbons (Fsp3) is 0.833. The third-order valence-electron chi connectivity index (χ3n) is 11.7. The average molecular weight is 473 g/mol. The van der Waals surface area contributed by atoms with Crippen LogP contribution in [0.15, 0.2) is 24.3 Å². The van der Waals surface area contributed by atoms with Crippen LogP contribution in [0.2, 0.25) is 0 Å². The summed E-state index contributed by atoms with van der Waals surface area (Å²) >= 11 is 0. The maximum atomic E-state index is 11.6. The molecule has 0 aromatic heterocycles. The topological polar surface area (TPSA) is 77.8 Å². The van der Waals surface area contributed by atoms with E-state index in [1.807, 2.05) is 19.9 Å². The molecule has 0 radical (unpaired) electrons. The van der Waals surface area contributed by atoms with Gasteiger partial charge < -0.3 is 15.3 Å². The Labute approximate surface area is 206 Å². The Morgan fingerprint density at radius 3 is 2.47 bits per heavy atom. The maximum Gasteiger partial charge on any atom is 0.303 e. The van der Waals surface area contributed by atoms with E-state index in [9.17, 15) is 20.1 Å². The molecule has 4 aliphatic carbocycles. The van der Waals surface area contributed by atoms with Crippen LogP contribution < -0.4 is 0 Å². The van der Waals surface area contributed by atoms with Gasteiger partial charge in [-0.3, -0.25) is 4.79 Å². The summed E-state index contributed by atoms with van der Waals surface area (Å²) < 4.78 is 0. The fourth-order valence-electron chi connectivity index (χ4n) is 9.99. The molecule has 34 heavy (non-hydrogen) atoms. The third kappa shape index (κ3) is 3.74. The molecule has 4 aliphatic rings. The largest absolute Gasteiger partial charge is 0.481 e. The minimum Gasteiger partial charge on any atom is -0.481 e. The van der Waals surface area contributed by atoms with Gasteiger partial charge in [0.25, 0.3) is 0 Å². The molecule has 4 nitrogen and oxygen atoms in total. The number of carboxylic acid groups (broad SMARTS) is 1. The molecule has 0 aromatic rings. The lowest BCUT2D eigenvalue weighted by Crippen LogP contribution is -2.54. The summed E-state index contributed by atoms with van der Waals surface area (Å²) in [6.07, 6.45) is 14.4. The first kappa shape index (κ1) is 25.9. The van der Waals surface area contributed by atoms with E-state index in [0.717, 1.165) is 31.3 Å². The van der Waals surface area contributed by atoms with E-state index >= 15 is 0 Å². The van der Waals surface area contributed by atoms with E-state index in [1.54, 1.807) is 0 Å². The molecule has 0 saturated heterocycles. The summed E-state index contributed by atoms with van der Waals surface area (Å²) in [5.41, 5.74) is 1.01. The average Bonchev–Trinajstić information content (AvgIpc) is 3.34. The molecule has 1 spiro atoms. The number of hydrogen-bond donors (Lipinski definition) is 3. The van der Waals surface area contributed by atoms with E-state index in [0.29, 0.717) is 23.2 Å². The normalized spacial score (nSPS) is 44.3. The van der Waals surface area contributed by atoms with Gasteiger partial charge in [-0.2, -0.15) is 0 Å². The molecule has 4 fully saturated rings. The van der Waals surface area contributed by atoms with E-state index in [-0.39, 0.29) is 35.2 Å². The molecular weight excluding hydrogens is 424 g/mol. The van der Waals surface area contributed by atoms with Gasteiger partial charge in [-0.1, -0.05) is 39.5 Å². The predicted octanol–water partition coefficient (Wildman–Crippen LogP) is 6.37. The second-order valence-corrected chi connectivity index (χ2v) is 13.6. The first-order chi connectivity index (χ1) is 15.8. The molecule has 0 heterocycles. The van der Waals surface area contributed by atoms with Gasteiger partial charge in [-0.25, -0.2) is 0 Å². The van der Waals surface area contributed by atoms with Crippen molar-refractivity contribution >= 4 is 5.97 Å². The van der Waals surface area contributed by atoms with Crippen LogP contribution in [0.5, 0.6) is 0 Å². The van der Waals surface area contributed by atoms with E-state index in [1.165, 1.54) is 32.1 Å². The summed E-state index contributed by atoms with van der Waals surface area (Å²) in [5, 5.41) is 29.5. The standard InChI is InChI=1S/C30H48O4/c1-20(8-7-13-26(3,4)34)22-11-14-28(6)24-10-9-23(21(2)18-31)29(15-12-25(32)33)19-30(24,29)17-16-27(22,28)5/h7,13,20,22-24,31,34H,2,8-12,14-19H2,1,3-6H3,(H,32,33). The van der Waals surface area contributed by atoms with Gasteiger partial charge in [0.2, 0.25) is 0 Å². The number of aliphatic hydroxyl groups excluding tert-OH is 1. The van der Waals surface area contributed by atoms with Gasteiger partial charge in [-0.15, -0.1) is 0 Å². The molecule has 4 heteroatoms. The van der Waals surface area contributed by atoms with Crippen molar-refractivity contribution < 1.29 is 20.1 Å². The van der Waals surface area contributed by atoms with Gasteiger partial charge in [0.1, 0.15) is 0 Å². The van der Waals surface area contributed by atoms with Gasteiger partial charge >= 0.3 is 5.97 Å². The van der Waals surface area contributed by atoms with Gasteiger partial charge in [-0.05, 0) is 123 Å². The van der Waals surface area contributed by atoms with Crippen molar-refractivity contribution in [3.8, 4) is 0 Å². The SMILES string of the molecule is C=C(CO)C1CCC2C3(C)CCC(C(C)CC=CC(C)(C)O)C3(C)CCC23CC13CCC(=O)O. The molecule has 192 valence electrons. The predicted molar refractivity (Wildman–Crippen MR) is 136 cm³/mol. The minimum absolute atomic E-state index is 0.0208. The molecule has 0 aliphatic heterocycles. The number of rotatable bonds is 9. The van der Waals surface area contributed by atoms with Crippen LogP contribution >= 0.6 is 0 Å². The maximum absolute atomic E-state index is 11.6. The Bertz CT molecular complexity index is 854. The molecular formula is C30H48O4. The summed E-state index contributed by atoms with van der Waals surface area (Å²) in [7, 11) is 0. The quantitative estimate of drug-likeness (QED) is 0.341. The highest BCUT2D eigenvalue weighted by Crippen LogP contribution is 2.87. The lowest BCUT2D eigenvalue weighted by atomic mass is 9.43. The fourth-order valence-corrected chi connectivity index (χ4v) is 9.99. The van der Waals surface area contributed by atoms with Crippen molar-refractivity contribution in [3.05, 3.63) is 24.3 Å². The second kappa shape index (κ2) is 8.47. The van der Waals surface area contributed by atoms with Gasteiger partial charge in [0.15, 0.2) is 0 Å². The number of aliphatic hydroxyl groups is 2. The highest BCUT2D eigenvalue weighted by molar-refractivity contribution is 5.67. The zero-order chi connectivity index (χ0) is 25.2. The second-order valence-electron chi connectivity index (χ2n) is 13.6. The minimum atomic E-state index is -0.756. The summed E-state index contributed by atoms with van der Waals surface area (Å²) in [4.78, 5) is 11.6. The third-order valence-corrected chi connectivity index (χ3v) is 11.7. The van der Waals surface area contributed by atoms with Crippen molar-refractivity contribution in [2.45, 2.75) is 104 Å². The van der Waals surface area contributed by atoms with Crippen LogP contribution in [0.4, 0.5) is 0 Å². The summed E-state index contributed by atoms with van der Waals surface area (Å²) in [5.74, 6) is 1.47. The van der Waals surface area contributed by atoms with Crippen molar-refractivity contribution in [2.24, 2.45) is 45.3 Å². The molecule has 0 bridgehead atoms. The lowest BCUT2D eigenvalue weighted by molar-refractivity contribution is -0.139. The highest BCUT2D eigenvalue weighted by Gasteiger charge is 2.80. The number of hydrogen-bond acceptors (Lipinski definition) is 3. The number of fused-ring (bicyclic) bond motifs is 2. The first-order valence-corrected chi connectivity index (χ1v) is 13.7. The van der Waals surface area contributed by atoms with E-state index in [2.05, 4.69) is 33.4 Å². The highest BCUT2D eigenvalue weighted by atomic mass is 16.4. The smallest absolute Gasteiger partial charge is 0.303 e. The number of aliphatic carboxylic acids is 1. The first-order valence-electron chi connectivity index (χ1n) is 13.7. The summed E-state index contributed by atoms with van der Waals surface area (Å²) in [6.45, 7) is 15.5. The Morgan fingerprint density at radius 2 is 1.85 bits per heavy atom. The summed E-state index contributed by atoms with van der Waals surface area (Å²) in [6, 6.07) is 0. The van der Waals surface area contributed by atoms with Crippen molar-refractivity contribution in [1.82, 2.24) is 0 Å². The Balaban J connectivity index is 1.60. The Kier molecular flexibility index (Phi) is 6.47. The molecule has 0 amide bonds. The molecule has 8 atom stereocenters. The van der Waals surface area contributed by atoms with Gasteiger partial charge in [0.05, 0.1) is 12.2 Å². The van der Waals surface area contributed by atoms with Crippen LogP contribution in [0.1, 0.15) is 98.8 Å². The monoisotopic (exact) mass is 472 g/mol.